The van der Waals surface area contributed by atoms with E-state index in [1.54, 1.807) is 12.1 Å². The topological polar surface area (TPSA) is 49.3 Å². The van der Waals surface area contributed by atoms with Gasteiger partial charge in [-0.1, -0.05) is 32.9 Å². The molecule has 0 saturated carbocycles. The summed E-state index contributed by atoms with van der Waals surface area (Å²) < 4.78 is 0. The third kappa shape index (κ3) is 2.99. The van der Waals surface area contributed by atoms with Crippen LogP contribution in [0.5, 0.6) is 0 Å². The lowest BCUT2D eigenvalue weighted by atomic mass is 10.0. The molecule has 0 radical (unpaired) electrons. The molecule has 2 N–H and O–H groups in total. The van der Waals surface area contributed by atoms with Gasteiger partial charge in [-0.2, -0.15) is 0 Å². The minimum Gasteiger partial charge on any atom is -0.478 e. The first kappa shape index (κ1) is 12.6. The van der Waals surface area contributed by atoms with Crippen LogP contribution in [0.15, 0.2) is 24.3 Å². The minimum absolute atomic E-state index is 0.306. The van der Waals surface area contributed by atoms with Crippen LogP contribution in [-0.2, 0) is 0 Å². The van der Waals surface area contributed by atoms with Crippen LogP contribution in [0, 0.1) is 5.92 Å². The zero-order chi connectivity index (χ0) is 12.1. The Morgan fingerprint density at radius 2 is 2.00 bits per heavy atom. The summed E-state index contributed by atoms with van der Waals surface area (Å²) in [6, 6.07) is 7.33. The third-order valence-corrected chi connectivity index (χ3v) is 2.74. The Kier molecular flexibility index (Phi) is 4.35. The Hall–Kier alpha value is -1.51. The molecule has 0 aliphatic heterocycles. The van der Waals surface area contributed by atoms with Crippen molar-refractivity contribution in [2.24, 2.45) is 5.92 Å². The van der Waals surface area contributed by atoms with Gasteiger partial charge in [0.1, 0.15) is 0 Å². The van der Waals surface area contributed by atoms with Crippen LogP contribution in [0.2, 0.25) is 0 Å². The summed E-state index contributed by atoms with van der Waals surface area (Å²) in [6.45, 7) is 6.36. The van der Waals surface area contributed by atoms with E-state index in [1.807, 2.05) is 12.1 Å². The van der Waals surface area contributed by atoms with Crippen molar-refractivity contribution in [2.45, 2.75) is 33.2 Å². The predicted octanol–water partition coefficient (Wildman–Crippen LogP) is 3.23. The van der Waals surface area contributed by atoms with Crippen molar-refractivity contribution in [1.82, 2.24) is 0 Å². The third-order valence-electron chi connectivity index (χ3n) is 2.74. The number of para-hydroxylation sites is 1. The zero-order valence-electron chi connectivity index (χ0n) is 10.0. The molecule has 0 spiro atoms. The standard InChI is InChI=1S/C13H19NO2/c1-4-11(9(2)3)14-12-8-6-5-7-10(12)13(15)16/h5-9,11,14H,4H2,1-3H3,(H,15,16). The average Bonchev–Trinajstić information content (AvgIpc) is 2.25. The van der Waals surface area contributed by atoms with Crippen LogP contribution < -0.4 is 5.32 Å². The number of benzene rings is 1. The maximum atomic E-state index is 11.0. The number of carboxylic acid groups (broad SMARTS) is 1. The quantitative estimate of drug-likeness (QED) is 0.802. The molecule has 3 nitrogen and oxygen atoms in total. The molecule has 0 fully saturated rings. The summed E-state index contributed by atoms with van der Waals surface area (Å²) in [5, 5.41) is 12.3. The lowest BCUT2D eigenvalue weighted by Crippen LogP contribution is -2.25. The molecule has 3 heteroatoms. The molecule has 1 atom stereocenters. The lowest BCUT2D eigenvalue weighted by molar-refractivity contribution is 0.0698. The van der Waals surface area contributed by atoms with E-state index in [0.29, 0.717) is 23.2 Å². The highest BCUT2D eigenvalue weighted by atomic mass is 16.4. The first-order valence-corrected chi connectivity index (χ1v) is 5.65. The second kappa shape index (κ2) is 5.54. The molecule has 0 bridgehead atoms. The van der Waals surface area contributed by atoms with Crippen LogP contribution in [0.4, 0.5) is 5.69 Å². The highest BCUT2D eigenvalue weighted by Crippen LogP contribution is 2.19. The smallest absolute Gasteiger partial charge is 0.337 e. The number of carbonyl (C=O) groups is 1. The summed E-state index contributed by atoms with van der Waals surface area (Å²) in [4.78, 5) is 11.0. The van der Waals surface area contributed by atoms with Crippen molar-refractivity contribution in [1.29, 1.82) is 0 Å². The highest BCUT2D eigenvalue weighted by Gasteiger charge is 2.14. The Balaban J connectivity index is 2.91. The van der Waals surface area contributed by atoms with Crippen LogP contribution in [0.1, 0.15) is 37.6 Å². The molecule has 0 aliphatic rings. The lowest BCUT2D eigenvalue weighted by Gasteiger charge is -2.22. The van der Waals surface area contributed by atoms with Gasteiger partial charge in [-0.3, -0.25) is 0 Å². The molecule has 0 aliphatic carbocycles. The molecular formula is C13H19NO2. The SMILES string of the molecule is CCC(Nc1ccccc1C(=O)O)C(C)C. The summed E-state index contributed by atoms with van der Waals surface area (Å²) in [5.41, 5.74) is 1.04. The highest BCUT2D eigenvalue weighted by molar-refractivity contribution is 5.94. The van der Waals surface area contributed by atoms with Crippen molar-refractivity contribution < 1.29 is 9.90 Å². The van der Waals surface area contributed by atoms with Gasteiger partial charge in [0.05, 0.1) is 5.56 Å². The number of rotatable bonds is 5. The fraction of sp³-hybridized carbons (Fsp3) is 0.462. The number of carboxylic acids is 1. The summed E-state index contributed by atoms with van der Waals surface area (Å²) >= 11 is 0. The summed E-state index contributed by atoms with van der Waals surface area (Å²) in [6.07, 6.45) is 0.978. The Labute approximate surface area is 96.5 Å². The second-order valence-electron chi connectivity index (χ2n) is 4.25. The van der Waals surface area contributed by atoms with Crippen molar-refractivity contribution in [3.05, 3.63) is 29.8 Å². The van der Waals surface area contributed by atoms with E-state index in [0.717, 1.165) is 6.42 Å². The van der Waals surface area contributed by atoms with Crippen LogP contribution in [0.25, 0.3) is 0 Å². The molecule has 0 aromatic heterocycles. The molecule has 88 valence electrons. The number of hydrogen-bond acceptors (Lipinski definition) is 2. The van der Waals surface area contributed by atoms with E-state index in [9.17, 15) is 4.79 Å². The van der Waals surface area contributed by atoms with Gasteiger partial charge in [0, 0.05) is 11.7 Å². The van der Waals surface area contributed by atoms with Gasteiger partial charge in [-0.05, 0) is 24.5 Å². The van der Waals surface area contributed by atoms with Gasteiger partial charge < -0.3 is 10.4 Å². The molecule has 1 aromatic rings. The van der Waals surface area contributed by atoms with Crippen molar-refractivity contribution in [2.75, 3.05) is 5.32 Å². The van der Waals surface area contributed by atoms with Gasteiger partial charge in [-0.15, -0.1) is 0 Å². The first-order valence-electron chi connectivity index (χ1n) is 5.65. The van der Waals surface area contributed by atoms with Crippen LogP contribution in [-0.4, -0.2) is 17.1 Å². The molecule has 1 aromatic carbocycles. The molecule has 1 rings (SSSR count). The Bertz CT molecular complexity index is 361. The Morgan fingerprint density at radius 3 is 2.50 bits per heavy atom. The van der Waals surface area contributed by atoms with Crippen molar-refractivity contribution in [3.63, 3.8) is 0 Å². The van der Waals surface area contributed by atoms with Gasteiger partial charge in [-0.25, -0.2) is 4.79 Å². The van der Waals surface area contributed by atoms with Crippen molar-refractivity contribution >= 4 is 11.7 Å². The first-order chi connectivity index (χ1) is 7.56. The monoisotopic (exact) mass is 221 g/mol. The van der Waals surface area contributed by atoms with E-state index in [4.69, 9.17) is 5.11 Å². The van der Waals surface area contributed by atoms with Crippen LogP contribution in [0.3, 0.4) is 0 Å². The van der Waals surface area contributed by atoms with Gasteiger partial charge >= 0.3 is 5.97 Å². The van der Waals surface area contributed by atoms with E-state index in [-0.39, 0.29) is 0 Å². The molecule has 16 heavy (non-hydrogen) atoms. The van der Waals surface area contributed by atoms with Crippen LogP contribution >= 0.6 is 0 Å². The number of aromatic carboxylic acids is 1. The van der Waals surface area contributed by atoms with E-state index in [2.05, 4.69) is 26.1 Å². The largest absolute Gasteiger partial charge is 0.478 e. The zero-order valence-corrected chi connectivity index (χ0v) is 10.0. The van der Waals surface area contributed by atoms with E-state index < -0.39 is 5.97 Å². The average molecular weight is 221 g/mol. The normalized spacial score (nSPS) is 12.5. The molecule has 0 saturated heterocycles. The number of hydrogen-bond donors (Lipinski definition) is 2. The minimum atomic E-state index is -0.887. The molecule has 0 heterocycles. The molecular weight excluding hydrogens is 202 g/mol. The summed E-state index contributed by atoms with van der Waals surface area (Å²) in [5.74, 6) is -0.409. The maximum Gasteiger partial charge on any atom is 0.337 e. The van der Waals surface area contributed by atoms with Gasteiger partial charge in [0.25, 0.3) is 0 Å². The molecule has 0 amide bonds. The fourth-order valence-electron chi connectivity index (χ4n) is 1.74. The number of nitrogens with one attached hydrogen (secondary N) is 1. The Morgan fingerprint density at radius 1 is 1.38 bits per heavy atom. The van der Waals surface area contributed by atoms with E-state index in [1.165, 1.54) is 0 Å². The van der Waals surface area contributed by atoms with Crippen molar-refractivity contribution in [3.8, 4) is 0 Å². The van der Waals surface area contributed by atoms with E-state index >= 15 is 0 Å². The van der Waals surface area contributed by atoms with Gasteiger partial charge in [0.2, 0.25) is 0 Å². The second-order valence-corrected chi connectivity index (χ2v) is 4.25. The predicted molar refractivity (Wildman–Crippen MR) is 65.9 cm³/mol. The fourth-order valence-corrected chi connectivity index (χ4v) is 1.74. The maximum absolute atomic E-state index is 11.0. The van der Waals surface area contributed by atoms with Gasteiger partial charge in [0.15, 0.2) is 0 Å². The molecule has 1 unspecified atom stereocenters. The summed E-state index contributed by atoms with van der Waals surface area (Å²) in [7, 11) is 0. The number of anilines is 1.